The zero-order valence-electron chi connectivity index (χ0n) is 14.8. The molecule has 0 saturated carbocycles. The van der Waals surface area contributed by atoms with Crippen molar-refractivity contribution in [2.75, 3.05) is 38.1 Å². The second-order valence-corrected chi connectivity index (χ2v) is 6.10. The molecule has 0 unspecified atom stereocenters. The first-order chi connectivity index (χ1) is 12.7. The average Bonchev–Trinajstić information content (AvgIpc) is 2.70. The summed E-state index contributed by atoms with van der Waals surface area (Å²) in [6.07, 6.45) is 0. The van der Waals surface area contributed by atoms with Crippen molar-refractivity contribution in [3.05, 3.63) is 70.3 Å². The molecule has 1 heterocycles. The molecule has 0 atom stereocenters. The molecule has 1 fully saturated rings. The lowest BCUT2D eigenvalue weighted by Gasteiger charge is -2.37. The molecule has 2 aromatic carbocycles. The van der Waals surface area contributed by atoms with Gasteiger partial charge in [0.05, 0.1) is 4.92 Å². The van der Waals surface area contributed by atoms with E-state index in [1.54, 1.807) is 19.2 Å². The lowest BCUT2D eigenvalue weighted by molar-refractivity contribution is -0.385. The Balaban J connectivity index is 1.58. The lowest BCUT2D eigenvalue weighted by Crippen LogP contribution is -2.52. The number of benzene rings is 2. The number of nitrogens with zero attached hydrogens (tertiary/aromatic N) is 4. The van der Waals surface area contributed by atoms with Crippen LogP contribution < -0.4 is 10.2 Å². The highest BCUT2D eigenvalue weighted by atomic mass is 16.6. The molecule has 2 aromatic rings. The van der Waals surface area contributed by atoms with Crippen LogP contribution in [0.4, 0.5) is 11.4 Å². The molecule has 0 aromatic heterocycles. The molecule has 1 aliphatic heterocycles. The number of rotatable bonds is 4. The smallest absolute Gasteiger partial charge is 0.274 e. The number of nitro benzene ring substituents is 1. The zero-order chi connectivity index (χ0) is 18.4. The highest BCUT2D eigenvalue weighted by molar-refractivity contribution is 5.80. The van der Waals surface area contributed by atoms with Gasteiger partial charge in [0.1, 0.15) is 0 Å². The van der Waals surface area contributed by atoms with Gasteiger partial charge in [0.15, 0.2) is 5.96 Å². The van der Waals surface area contributed by atoms with Crippen LogP contribution in [0.25, 0.3) is 0 Å². The Morgan fingerprint density at radius 1 is 1.08 bits per heavy atom. The summed E-state index contributed by atoms with van der Waals surface area (Å²) < 4.78 is 0. The van der Waals surface area contributed by atoms with Crippen molar-refractivity contribution in [3.63, 3.8) is 0 Å². The maximum absolute atomic E-state index is 11.1. The number of anilines is 1. The first-order valence-electron chi connectivity index (χ1n) is 8.67. The van der Waals surface area contributed by atoms with Gasteiger partial charge in [0, 0.05) is 57.1 Å². The number of para-hydroxylation sites is 2. The maximum Gasteiger partial charge on any atom is 0.274 e. The summed E-state index contributed by atoms with van der Waals surface area (Å²) in [6.45, 7) is 3.91. The van der Waals surface area contributed by atoms with E-state index in [-0.39, 0.29) is 10.6 Å². The molecular formula is C19H23N5O2. The van der Waals surface area contributed by atoms with Gasteiger partial charge < -0.3 is 15.1 Å². The Morgan fingerprint density at radius 3 is 2.38 bits per heavy atom. The molecular weight excluding hydrogens is 330 g/mol. The van der Waals surface area contributed by atoms with Crippen LogP contribution in [0.5, 0.6) is 0 Å². The van der Waals surface area contributed by atoms with Crippen LogP contribution in [0.3, 0.4) is 0 Å². The van der Waals surface area contributed by atoms with E-state index in [9.17, 15) is 10.1 Å². The highest BCUT2D eigenvalue weighted by Gasteiger charge is 2.20. The SMILES string of the molecule is CN=C(NCc1ccccc1[N+](=O)[O-])N1CCN(c2ccccc2)CC1. The van der Waals surface area contributed by atoms with E-state index in [1.807, 2.05) is 12.1 Å². The molecule has 7 nitrogen and oxygen atoms in total. The Labute approximate surface area is 153 Å². The highest BCUT2D eigenvalue weighted by Crippen LogP contribution is 2.18. The van der Waals surface area contributed by atoms with Crippen molar-refractivity contribution >= 4 is 17.3 Å². The molecule has 0 radical (unpaired) electrons. The quantitative estimate of drug-likeness (QED) is 0.396. The molecule has 7 heteroatoms. The van der Waals surface area contributed by atoms with Gasteiger partial charge >= 0.3 is 0 Å². The fraction of sp³-hybridized carbons (Fsp3) is 0.316. The minimum Gasteiger partial charge on any atom is -0.368 e. The van der Waals surface area contributed by atoms with Gasteiger partial charge in [-0.2, -0.15) is 0 Å². The fourth-order valence-corrected chi connectivity index (χ4v) is 3.16. The van der Waals surface area contributed by atoms with Crippen molar-refractivity contribution in [2.24, 2.45) is 4.99 Å². The summed E-state index contributed by atoms with van der Waals surface area (Å²) in [5, 5.41) is 14.4. The third kappa shape index (κ3) is 4.11. The molecule has 1 N–H and O–H groups in total. The summed E-state index contributed by atoms with van der Waals surface area (Å²) in [6, 6.07) is 17.2. The third-order valence-electron chi connectivity index (χ3n) is 4.54. The number of piperazine rings is 1. The number of aliphatic imine (C=N–C) groups is 1. The van der Waals surface area contributed by atoms with Crippen molar-refractivity contribution in [2.45, 2.75) is 6.54 Å². The second-order valence-electron chi connectivity index (χ2n) is 6.10. The van der Waals surface area contributed by atoms with Gasteiger partial charge in [-0.3, -0.25) is 15.1 Å². The summed E-state index contributed by atoms with van der Waals surface area (Å²) in [7, 11) is 1.74. The van der Waals surface area contributed by atoms with E-state index >= 15 is 0 Å². The molecule has 26 heavy (non-hydrogen) atoms. The fourth-order valence-electron chi connectivity index (χ4n) is 3.16. The largest absolute Gasteiger partial charge is 0.368 e. The summed E-state index contributed by atoms with van der Waals surface area (Å²) in [5.74, 6) is 0.774. The van der Waals surface area contributed by atoms with E-state index in [0.717, 1.165) is 32.1 Å². The average molecular weight is 353 g/mol. The second kappa shape index (κ2) is 8.33. The van der Waals surface area contributed by atoms with Gasteiger partial charge in [0.25, 0.3) is 5.69 Å². The molecule has 1 saturated heterocycles. The van der Waals surface area contributed by atoms with Crippen LogP contribution in [-0.4, -0.2) is 49.0 Å². The Morgan fingerprint density at radius 2 is 1.73 bits per heavy atom. The number of hydrogen-bond donors (Lipinski definition) is 1. The van der Waals surface area contributed by atoms with Gasteiger partial charge in [-0.1, -0.05) is 36.4 Å². The Kier molecular flexibility index (Phi) is 5.68. The number of nitrogens with one attached hydrogen (secondary N) is 1. The van der Waals surface area contributed by atoms with Crippen LogP contribution in [0.15, 0.2) is 59.6 Å². The van der Waals surface area contributed by atoms with Crippen LogP contribution >= 0.6 is 0 Å². The van der Waals surface area contributed by atoms with Crippen molar-refractivity contribution in [1.29, 1.82) is 0 Å². The van der Waals surface area contributed by atoms with Gasteiger partial charge in [-0.15, -0.1) is 0 Å². The molecule has 0 spiro atoms. The lowest BCUT2D eigenvalue weighted by atomic mass is 10.2. The third-order valence-corrected chi connectivity index (χ3v) is 4.54. The van der Waals surface area contributed by atoms with Crippen LogP contribution in [0.1, 0.15) is 5.56 Å². The number of guanidine groups is 1. The first kappa shape index (κ1) is 17.7. The monoisotopic (exact) mass is 353 g/mol. The van der Waals surface area contributed by atoms with Crippen molar-refractivity contribution in [3.8, 4) is 0 Å². The van der Waals surface area contributed by atoms with E-state index < -0.39 is 0 Å². The number of hydrogen-bond acceptors (Lipinski definition) is 4. The molecule has 0 amide bonds. The van der Waals surface area contributed by atoms with Crippen molar-refractivity contribution in [1.82, 2.24) is 10.2 Å². The van der Waals surface area contributed by atoms with E-state index in [0.29, 0.717) is 12.1 Å². The topological polar surface area (TPSA) is 74.0 Å². The zero-order valence-corrected chi connectivity index (χ0v) is 14.8. The van der Waals surface area contributed by atoms with Gasteiger partial charge in [0.2, 0.25) is 0 Å². The minimum absolute atomic E-state index is 0.129. The predicted octanol–water partition coefficient (Wildman–Crippen LogP) is 2.49. The molecule has 136 valence electrons. The van der Waals surface area contributed by atoms with Crippen molar-refractivity contribution < 1.29 is 4.92 Å². The Bertz CT molecular complexity index is 771. The van der Waals surface area contributed by atoms with Gasteiger partial charge in [-0.05, 0) is 12.1 Å². The van der Waals surface area contributed by atoms with E-state index in [4.69, 9.17) is 0 Å². The predicted molar refractivity (Wildman–Crippen MR) is 104 cm³/mol. The van der Waals surface area contributed by atoms with Crippen LogP contribution in [-0.2, 0) is 6.54 Å². The molecule has 3 rings (SSSR count). The molecule has 1 aliphatic rings. The first-order valence-corrected chi connectivity index (χ1v) is 8.67. The maximum atomic E-state index is 11.1. The summed E-state index contributed by atoms with van der Waals surface area (Å²) in [5.41, 5.74) is 2.01. The normalized spacial score (nSPS) is 15.0. The standard InChI is InChI=1S/C19H23N5O2/c1-20-19(21-15-16-7-5-6-10-18(16)24(25)26)23-13-11-22(12-14-23)17-8-3-2-4-9-17/h2-10H,11-15H2,1H3,(H,20,21). The Hall–Kier alpha value is -3.09. The van der Waals surface area contributed by atoms with E-state index in [2.05, 4.69) is 44.4 Å². The van der Waals surface area contributed by atoms with Crippen LogP contribution in [0.2, 0.25) is 0 Å². The van der Waals surface area contributed by atoms with Gasteiger partial charge in [-0.25, -0.2) is 0 Å². The summed E-state index contributed by atoms with van der Waals surface area (Å²) in [4.78, 5) is 19.7. The molecule has 0 bridgehead atoms. The molecule has 0 aliphatic carbocycles. The minimum atomic E-state index is -0.349. The van der Waals surface area contributed by atoms with Crippen LogP contribution in [0, 0.1) is 10.1 Å². The summed E-state index contributed by atoms with van der Waals surface area (Å²) >= 11 is 0. The van der Waals surface area contributed by atoms with E-state index in [1.165, 1.54) is 11.8 Å². The number of nitro groups is 1.